The first-order valence-corrected chi connectivity index (χ1v) is 7.01. The van der Waals surface area contributed by atoms with Gasteiger partial charge in [0, 0.05) is 30.6 Å². The lowest BCUT2D eigenvalue weighted by molar-refractivity contribution is 0.0784. The van der Waals surface area contributed by atoms with Crippen molar-refractivity contribution in [3.8, 4) is 0 Å². The number of rotatable bonds is 6. The predicted molar refractivity (Wildman–Crippen MR) is 66.9 cm³/mol. The summed E-state index contributed by atoms with van der Waals surface area (Å²) in [4.78, 5) is 4.36. The second-order valence-corrected chi connectivity index (χ2v) is 5.22. The van der Waals surface area contributed by atoms with Crippen LogP contribution in [0.1, 0.15) is 31.2 Å². The van der Waals surface area contributed by atoms with Crippen LogP contribution in [0.3, 0.4) is 0 Å². The van der Waals surface area contributed by atoms with Gasteiger partial charge in [-0.05, 0) is 25.8 Å². The van der Waals surface area contributed by atoms with Gasteiger partial charge in [-0.2, -0.15) is 0 Å². The van der Waals surface area contributed by atoms with Crippen LogP contribution in [0.4, 0.5) is 0 Å². The summed E-state index contributed by atoms with van der Waals surface area (Å²) in [6.45, 7) is 4.19. The first-order valence-electron chi connectivity index (χ1n) is 6.13. The summed E-state index contributed by atoms with van der Waals surface area (Å²) in [6.07, 6.45) is 6.82. The van der Waals surface area contributed by atoms with Gasteiger partial charge in [0.05, 0.1) is 11.1 Å². The molecule has 1 N–H and O–H groups in total. The highest BCUT2D eigenvalue weighted by molar-refractivity contribution is 7.09. The van der Waals surface area contributed by atoms with Crippen molar-refractivity contribution in [3.05, 3.63) is 16.6 Å². The minimum Gasteiger partial charge on any atom is -0.377 e. The molecule has 0 aromatic carbocycles. The lowest BCUT2D eigenvalue weighted by Gasteiger charge is -2.23. The van der Waals surface area contributed by atoms with Gasteiger partial charge in [-0.15, -0.1) is 11.3 Å². The Bertz CT molecular complexity index is 283. The first-order chi connectivity index (χ1) is 7.90. The van der Waals surface area contributed by atoms with Gasteiger partial charge in [0.25, 0.3) is 0 Å². The molecule has 2 unspecified atom stereocenters. The fraction of sp³-hybridized carbons (Fsp3) is 0.750. The number of hydrogen-bond donors (Lipinski definition) is 1. The molecule has 0 bridgehead atoms. The summed E-state index contributed by atoms with van der Waals surface area (Å²) >= 11 is 1.74. The number of hydrogen-bond acceptors (Lipinski definition) is 4. The summed E-state index contributed by atoms with van der Waals surface area (Å²) in [5.41, 5.74) is 0. The van der Waals surface area contributed by atoms with E-state index in [1.54, 1.807) is 11.3 Å². The molecule has 0 amide bonds. The molecule has 1 aliphatic rings. The monoisotopic (exact) mass is 240 g/mol. The van der Waals surface area contributed by atoms with Crippen LogP contribution in [0, 0.1) is 0 Å². The van der Waals surface area contributed by atoms with Crippen LogP contribution in [0.2, 0.25) is 0 Å². The maximum atomic E-state index is 5.78. The van der Waals surface area contributed by atoms with E-state index in [0.717, 1.165) is 19.6 Å². The van der Waals surface area contributed by atoms with Gasteiger partial charge in [0.2, 0.25) is 0 Å². The van der Waals surface area contributed by atoms with Crippen LogP contribution in [0.15, 0.2) is 11.6 Å². The molecule has 2 atom stereocenters. The zero-order chi connectivity index (χ0) is 11.2. The molecule has 1 aromatic heterocycles. The van der Waals surface area contributed by atoms with Crippen LogP contribution in [0.5, 0.6) is 0 Å². The largest absolute Gasteiger partial charge is 0.377 e. The Morgan fingerprint density at radius 2 is 2.62 bits per heavy atom. The van der Waals surface area contributed by atoms with Crippen molar-refractivity contribution in [1.82, 2.24) is 10.3 Å². The second-order valence-electron chi connectivity index (χ2n) is 4.24. The summed E-state index contributed by atoms with van der Waals surface area (Å²) in [7, 11) is 0. The van der Waals surface area contributed by atoms with Gasteiger partial charge in [-0.1, -0.05) is 6.92 Å². The van der Waals surface area contributed by atoms with Crippen molar-refractivity contribution in [1.29, 1.82) is 0 Å². The molecule has 2 rings (SSSR count). The molecule has 1 saturated heterocycles. The second kappa shape index (κ2) is 6.33. The summed E-state index contributed by atoms with van der Waals surface area (Å²) in [5, 5.41) is 6.85. The molecule has 1 aromatic rings. The lowest BCUT2D eigenvalue weighted by Crippen LogP contribution is -2.41. The van der Waals surface area contributed by atoms with Crippen molar-refractivity contribution in [3.63, 3.8) is 0 Å². The molecule has 3 nitrogen and oxygen atoms in total. The highest BCUT2D eigenvalue weighted by Gasteiger charge is 2.26. The topological polar surface area (TPSA) is 34.2 Å². The Morgan fingerprint density at radius 1 is 1.69 bits per heavy atom. The molecule has 90 valence electrons. The molecule has 4 heteroatoms. The lowest BCUT2D eigenvalue weighted by atomic mass is 10.0. The Kier molecular flexibility index (Phi) is 4.75. The highest BCUT2D eigenvalue weighted by Crippen LogP contribution is 2.19. The first kappa shape index (κ1) is 12.0. The molecule has 1 fully saturated rings. The number of nitrogens with zero attached hydrogens (tertiary/aromatic N) is 1. The smallest absolute Gasteiger partial charge is 0.0941 e. The van der Waals surface area contributed by atoms with E-state index in [0.29, 0.717) is 12.1 Å². The van der Waals surface area contributed by atoms with E-state index in [4.69, 9.17) is 4.74 Å². The van der Waals surface area contributed by atoms with Gasteiger partial charge in [-0.3, -0.25) is 0 Å². The Morgan fingerprint density at radius 3 is 3.25 bits per heavy atom. The number of thiazole rings is 1. The molecular weight excluding hydrogens is 220 g/mol. The fourth-order valence-corrected chi connectivity index (χ4v) is 2.80. The minimum absolute atomic E-state index is 0.385. The summed E-state index contributed by atoms with van der Waals surface area (Å²) in [5.74, 6) is 0. The average Bonchev–Trinajstić information content (AvgIpc) is 2.96. The zero-order valence-electron chi connectivity index (χ0n) is 9.82. The van der Waals surface area contributed by atoms with E-state index in [1.165, 1.54) is 24.3 Å². The van der Waals surface area contributed by atoms with Crippen LogP contribution in [-0.4, -0.2) is 30.3 Å². The number of ether oxygens (including phenoxy) is 1. The predicted octanol–water partition coefficient (Wildman–Crippen LogP) is 2.23. The van der Waals surface area contributed by atoms with Crippen molar-refractivity contribution >= 4 is 11.3 Å². The van der Waals surface area contributed by atoms with Gasteiger partial charge < -0.3 is 10.1 Å². The summed E-state index contributed by atoms with van der Waals surface area (Å²) in [6, 6.07) is 0.439. The van der Waals surface area contributed by atoms with E-state index < -0.39 is 0 Å². The van der Waals surface area contributed by atoms with Crippen LogP contribution in [-0.2, 0) is 11.2 Å². The standard InChI is InChI=1S/C12H20N2OS/c1-2-5-13-10(11-4-3-7-15-11)9-12-14-6-8-16-12/h6,8,10-11,13H,2-5,7,9H2,1H3. The Labute approximate surface area is 101 Å². The molecule has 0 radical (unpaired) electrons. The SMILES string of the molecule is CCCNC(Cc1nccs1)C1CCCO1. The van der Waals surface area contributed by atoms with Gasteiger partial charge >= 0.3 is 0 Å². The Hall–Kier alpha value is -0.450. The minimum atomic E-state index is 0.385. The van der Waals surface area contributed by atoms with Crippen molar-refractivity contribution in [2.75, 3.05) is 13.2 Å². The molecule has 2 heterocycles. The van der Waals surface area contributed by atoms with Crippen LogP contribution in [0.25, 0.3) is 0 Å². The molecular formula is C12H20N2OS. The van der Waals surface area contributed by atoms with E-state index in [2.05, 4.69) is 17.2 Å². The normalized spacial score (nSPS) is 22.4. The maximum Gasteiger partial charge on any atom is 0.0941 e. The van der Waals surface area contributed by atoms with Crippen LogP contribution < -0.4 is 5.32 Å². The maximum absolute atomic E-state index is 5.78. The third kappa shape index (κ3) is 3.27. The quantitative estimate of drug-likeness (QED) is 0.828. The third-order valence-corrected chi connectivity index (χ3v) is 3.75. The van der Waals surface area contributed by atoms with E-state index in [-0.39, 0.29) is 0 Å². The average molecular weight is 240 g/mol. The molecule has 0 saturated carbocycles. The van der Waals surface area contributed by atoms with Crippen molar-refractivity contribution < 1.29 is 4.74 Å². The zero-order valence-corrected chi connectivity index (χ0v) is 10.6. The molecule has 16 heavy (non-hydrogen) atoms. The molecule has 1 aliphatic heterocycles. The molecule has 0 aliphatic carbocycles. The van der Waals surface area contributed by atoms with Gasteiger partial charge in [-0.25, -0.2) is 4.98 Å². The fourth-order valence-electron chi connectivity index (χ4n) is 2.13. The highest BCUT2D eigenvalue weighted by atomic mass is 32.1. The van der Waals surface area contributed by atoms with Gasteiger partial charge in [0.1, 0.15) is 0 Å². The van der Waals surface area contributed by atoms with E-state index in [1.807, 2.05) is 11.6 Å². The van der Waals surface area contributed by atoms with E-state index in [9.17, 15) is 0 Å². The van der Waals surface area contributed by atoms with Gasteiger partial charge in [0.15, 0.2) is 0 Å². The Balaban J connectivity index is 1.90. The van der Waals surface area contributed by atoms with Crippen LogP contribution >= 0.6 is 11.3 Å². The number of aromatic nitrogens is 1. The number of nitrogens with one attached hydrogen (secondary N) is 1. The van der Waals surface area contributed by atoms with Crippen molar-refractivity contribution in [2.45, 2.75) is 44.8 Å². The van der Waals surface area contributed by atoms with E-state index >= 15 is 0 Å². The van der Waals surface area contributed by atoms with Crippen molar-refractivity contribution in [2.24, 2.45) is 0 Å². The third-order valence-electron chi connectivity index (χ3n) is 2.95. The summed E-state index contributed by atoms with van der Waals surface area (Å²) < 4.78 is 5.78. The molecule has 0 spiro atoms.